The van der Waals surface area contributed by atoms with E-state index in [2.05, 4.69) is 10.5 Å². The lowest BCUT2D eigenvalue weighted by atomic mass is 10.1. The van der Waals surface area contributed by atoms with Crippen LogP contribution in [-0.2, 0) is 9.53 Å². The van der Waals surface area contributed by atoms with Crippen LogP contribution in [0.2, 0.25) is 0 Å². The summed E-state index contributed by atoms with van der Waals surface area (Å²) >= 11 is 1.28. The average molecular weight is 356 g/mol. The third-order valence-electron chi connectivity index (χ3n) is 3.50. The first-order chi connectivity index (χ1) is 12.0. The Morgan fingerprint density at radius 2 is 1.96 bits per heavy atom. The predicted octanol–water partition coefficient (Wildman–Crippen LogP) is 3.82. The fourth-order valence-corrected chi connectivity index (χ4v) is 2.96. The van der Waals surface area contributed by atoms with Crippen molar-refractivity contribution in [1.29, 1.82) is 0 Å². The maximum absolute atomic E-state index is 11.9. The number of aryl methyl sites for hydroxylation is 2. The normalized spacial score (nSPS) is 10.5. The number of amides is 1. The Labute approximate surface area is 148 Å². The second kappa shape index (κ2) is 7.31. The summed E-state index contributed by atoms with van der Waals surface area (Å²) < 4.78 is 10.1. The molecule has 2 aromatic heterocycles. The van der Waals surface area contributed by atoms with Gasteiger partial charge in [0.05, 0.1) is 0 Å². The van der Waals surface area contributed by atoms with E-state index in [1.54, 1.807) is 11.4 Å². The van der Waals surface area contributed by atoms with E-state index in [-0.39, 0.29) is 5.88 Å². The maximum Gasteiger partial charge on any atom is 0.349 e. The number of carbonyl (C=O) groups is 2. The zero-order chi connectivity index (χ0) is 17.8. The van der Waals surface area contributed by atoms with E-state index < -0.39 is 18.5 Å². The number of ether oxygens (including phenoxy) is 1. The van der Waals surface area contributed by atoms with Crippen LogP contribution < -0.4 is 5.32 Å². The second-order valence-electron chi connectivity index (χ2n) is 5.50. The molecule has 3 aromatic rings. The molecule has 7 heteroatoms. The highest BCUT2D eigenvalue weighted by molar-refractivity contribution is 7.12. The molecule has 1 N–H and O–H groups in total. The van der Waals surface area contributed by atoms with Gasteiger partial charge in [-0.2, -0.15) is 0 Å². The zero-order valence-electron chi connectivity index (χ0n) is 13.7. The van der Waals surface area contributed by atoms with Gasteiger partial charge in [0.15, 0.2) is 6.61 Å². The van der Waals surface area contributed by atoms with Gasteiger partial charge in [-0.05, 0) is 30.9 Å². The van der Waals surface area contributed by atoms with Gasteiger partial charge in [0, 0.05) is 11.6 Å². The molecule has 0 atom stereocenters. The van der Waals surface area contributed by atoms with Crippen LogP contribution in [0.3, 0.4) is 0 Å². The Bertz CT molecular complexity index is 896. The summed E-state index contributed by atoms with van der Waals surface area (Å²) in [5.41, 5.74) is 3.47. The van der Waals surface area contributed by atoms with Crippen LogP contribution in [-0.4, -0.2) is 23.6 Å². The van der Waals surface area contributed by atoms with E-state index >= 15 is 0 Å². The number of hydrogen-bond donors (Lipinski definition) is 1. The Balaban J connectivity index is 1.56. The van der Waals surface area contributed by atoms with Gasteiger partial charge in [0.2, 0.25) is 5.88 Å². The van der Waals surface area contributed by atoms with Crippen molar-refractivity contribution in [2.45, 2.75) is 13.8 Å². The summed E-state index contributed by atoms with van der Waals surface area (Å²) in [6.45, 7) is 3.42. The van der Waals surface area contributed by atoms with Crippen LogP contribution >= 0.6 is 11.3 Å². The molecule has 25 heavy (non-hydrogen) atoms. The standard InChI is InChI=1S/C18H16N2O4S/c1-11-3-5-13(6-4-11)14-9-16(24-20-14)19-15(21)10-23-18(22)17-12(2)7-8-25-17/h3-9H,10H2,1-2H3,(H,19,21). The summed E-state index contributed by atoms with van der Waals surface area (Å²) in [7, 11) is 0. The van der Waals surface area contributed by atoms with Crippen molar-refractivity contribution < 1.29 is 18.8 Å². The van der Waals surface area contributed by atoms with Gasteiger partial charge >= 0.3 is 5.97 Å². The summed E-state index contributed by atoms with van der Waals surface area (Å²) in [6.07, 6.45) is 0. The van der Waals surface area contributed by atoms with Crippen LogP contribution in [0.25, 0.3) is 11.3 Å². The van der Waals surface area contributed by atoms with Gasteiger partial charge in [-0.15, -0.1) is 11.3 Å². The van der Waals surface area contributed by atoms with E-state index in [0.29, 0.717) is 10.6 Å². The summed E-state index contributed by atoms with van der Waals surface area (Å²) in [5.74, 6) is -0.807. The van der Waals surface area contributed by atoms with Crippen molar-refractivity contribution in [2.24, 2.45) is 0 Å². The molecule has 0 aliphatic carbocycles. The summed E-state index contributed by atoms with van der Waals surface area (Å²) in [5, 5.41) is 8.24. The van der Waals surface area contributed by atoms with Crippen molar-refractivity contribution in [1.82, 2.24) is 5.16 Å². The molecule has 0 aliphatic heterocycles. The number of anilines is 1. The Kier molecular flexibility index (Phi) is 4.95. The number of nitrogens with zero attached hydrogens (tertiary/aromatic N) is 1. The number of thiophene rings is 1. The molecule has 6 nitrogen and oxygen atoms in total. The number of esters is 1. The van der Waals surface area contributed by atoms with Crippen LogP contribution in [0.4, 0.5) is 5.88 Å². The number of benzene rings is 1. The van der Waals surface area contributed by atoms with Crippen molar-refractivity contribution in [2.75, 3.05) is 11.9 Å². The van der Waals surface area contributed by atoms with Crippen molar-refractivity contribution in [3.63, 3.8) is 0 Å². The fourth-order valence-electron chi connectivity index (χ4n) is 2.15. The van der Waals surface area contributed by atoms with E-state index in [1.165, 1.54) is 11.3 Å². The van der Waals surface area contributed by atoms with Gasteiger partial charge in [0.1, 0.15) is 10.6 Å². The number of rotatable bonds is 5. The first-order valence-electron chi connectivity index (χ1n) is 7.58. The maximum atomic E-state index is 11.9. The molecule has 0 spiro atoms. The molecule has 2 heterocycles. The summed E-state index contributed by atoms with van der Waals surface area (Å²) in [4.78, 5) is 24.3. The average Bonchev–Trinajstić information content (AvgIpc) is 3.22. The number of nitrogens with one attached hydrogen (secondary N) is 1. The predicted molar refractivity (Wildman–Crippen MR) is 94.6 cm³/mol. The largest absolute Gasteiger partial charge is 0.451 e. The van der Waals surface area contributed by atoms with Crippen LogP contribution in [0.5, 0.6) is 0 Å². The monoisotopic (exact) mass is 356 g/mol. The minimum Gasteiger partial charge on any atom is -0.451 e. The van der Waals surface area contributed by atoms with E-state index in [0.717, 1.165) is 16.7 Å². The molecule has 1 aromatic carbocycles. The topological polar surface area (TPSA) is 81.4 Å². The van der Waals surface area contributed by atoms with Crippen molar-refractivity contribution >= 4 is 29.1 Å². The minimum absolute atomic E-state index is 0.198. The molecule has 0 bridgehead atoms. The smallest absolute Gasteiger partial charge is 0.349 e. The molecule has 0 unspecified atom stereocenters. The highest BCUT2D eigenvalue weighted by Crippen LogP contribution is 2.22. The van der Waals surface area contributed by atoms with E-state index in [4.69, 9.17) is 9.26 Å². The SMILES string of the molecule is Cc1ccc(-c2cc(NC(=O)COC(=O)c3sccc3C)on2)cc1. The highest BCUT2D eigenvalue weighted by Gasteiger charge is 2.15. The van der Waals surface area contributed by atoms with E-state index in [9.17, 15) is 9.59 Å². The zero-order valence-corrected chi connectivity index (χ0v) is 14.6. The fraction of sp³-hybridized carbons (Fsp3) is 0.167. The van der Waals surface area contributed by atoms with Crippen molar-refractivity contribution in [3.8, 4) is 11.3 Å². The van der Waals surface area contributed by atoms with Gasteiger partial charge in [-0.1, -0.05) is 35.0 Å². The van der Waals surface area contributed by atoms with Crippen molar-refractivity contribution in [3.05, 3.63) is 57.8 Å². The van der Waals surface area contributed by atoms with E-state index in [1.807, 2.05) is 44.2 Å². The number of carbonyl (C=O) groups excluding carboxylic acids is 2. The molecular weight excluding hydrogens is 340 g/mol. The summed E-state index contributed by atoms with van der Waals surface area (Å²) in [6, 6.07) is 11.2. The Morgan fingerprint density at radius 1 is 1.20 bits per heavy atom. The lowest BCUT2D eigenvalue weighted by molar-refractivity contribution is -0.119. The lowest BCUT2D eigenvalue weighted by Crippen LogP contribution is -2.20. The third kappa shape index (κ3) is 4.13. The van der Waals surface area contributed by atoms with Gasteiger partial charge in [-0.3, -0.25) is 10.1 Å². The minimum atomic E-state index is -0.513. The lowest BCUT2D eigenvalue weighted by Gasteiger charge is -2.03. The molecule has 128 valence electrons. The van der Waals surface area contributed by atoms with Crippen LogP contribution in [0.1, 0.15) is 20.8 Å². The highest BCUT2D eigenvalue weighted by atomic mass is 32.1. The number of hydrogen-bond acceptors (Lipinski definition) is 6. The molecule has 0 radical (unpaired) electrons. The molecule has 0 fully saturated rings. The van der Waals surface area contributed by atoms with Gasteiger partial charge < -0.3 is 9.26 Å². The molecule has 0 saturated carbocycles. The van der Waals surface area contributed by atoms with Crippen LogP contribution in [0, 0.1) is 13.8 Å². The quantitative estimate of drug-likeness (QED) is 0.703. The molecule has 0 aliphatic rings. The molecule has 0 saturated heterocycles. The van der Waals surface area contributed by atoms with Gasteiger partial charge in [0.25, 0.3) is 5.91 Å². The second-order valence-corrected chi connectivity index (χ2v) is 6.42. The Morgan fingerprint density at radius 3 is 2.64 bits per heavy atom. The first-order valence-corrected chi connectivity index (χ1v) is 8.46. The van der Waals surface area contributed by atoms with Crippen LogP contribution in [0.15, 0.2) is 46.3 Å². The number of aromatic nitrogens is 1. The third-order valence-corrected chi connectivity index (χ3v) is 4.50. The van der Waals surface area contributed by atoms with Gasteiger partial charge in [-0.25, -0.2) is 4.79 Å². The molecule has 1 amide bonds. The Hall–Kier alpha value is -2.93. The first kappa shape index (κ1) is 16.9. The molecule has 3 rings (SSSR count). The molecular formula is C18H16N2O4S.